The number of nitrogens with one attached hydrogen (secondary N) is 2. The molecule has 0 aromatic heterocycles. The lowest BCUT2D eigenvalue weighted by molar-refractivity contribution is -0.115. The number of carbonyl (C=O) groups excluding carboxylic acids is 3. The molecule has 3 rings (SSSR count). The van der Waals surface area contributed by atoms with E-state index in [0.29, 0.717) is 24.5 Å². The molecule has 2 N–H and O–H groups in total. The maximum absolute atomic E-state index is 13.5. The van der Waals surface area contributed by atoms with Gasteiger partial charge in [-0.1, -0.05) is 26.0 Å². The third kappa shape index (κ3) is 7.13. The summed E-state index contributed by atoms with van der Waals surface area (Å²) in [7, 11) is 0. The molecule has 0 spiro atoms. The minimum Gasteiger partial charge on any atom is -0.489 e. The number of imide groups is 1. The van der Waals surface area contributed by atoms with E-state index < -0.39 is 22.8 Å². The number of nitrogens with zero attached hydrogens (tertiary/aromatic N) is 1. The Balaban J connectivity index is 0.00000408. The SMILES string of the molecule is CC(C)COc1cccc(C=C2SC(=O)NC2=O)c1OC(=O)N(C1CCCNC1)C(C)(C)C.Cl. The van der Waals surface area contributed by atoms with Gasteiger partial charge in [0.05, 0.1) is 11.5 Å². The largest absolute Gasteiger partial charge is 0.489 e. The van der Waals surface area contributed by atoms with E-state index in [-0.39, 0.29) is 35.0 Å². The van der Waals surface area contributed by atoms with Crippen LogP contribution in [0.1, 0.15) is 53.0 Å². The monoisotopic (exact) mass is 511 g/mol. The van der Waals surface area contributed by atoms with E-state index in [1.807, 2.05) is 34.6 Å². The van der Waals surface area contributed by atoms with Crippen LogP contribution in [0.15, 0.2) is 23.1 Å². The number of ether oxygens (including phenoxy) is 2. The van der Waals surface area contributed by atoms with Gasteiger partial charge < -0.3 is 14.8 Å². The maximum atomic E-state index is 13.5. The summed E-state index contributed by atoms with van der Waals surface area (Å²) in [5, 5.41) is 5.17. The van der Waals surface area contributed by atoms with Crippen molar-refractivity contribution in [2.24, 2.45) is 5.92 Å². The molecule has 1 aromatic carbocycles. The average Bonchev–Trinajstić information content (AvgIpc) is 3.04. The zero-order chi connectivity index (χ0) is 24.2. The van der Waals surface area contributed by atoms with E-state index in [1.165, 1.54) is 0 Å². The summed E-state index contributed by atoms with van der Waals surface area (Å²) >= 11 is 0.815. The van der Waals surface area contributed by atoms with Gasteiger partial charge in [-0.2, -0.15) is 0 Å². The third-order valence-electron chi connectivity index (χ3n) is 5.25. The van der Waals surface area contributed by atoms with Gasteiger partial charge >= 0.3 is 6.09 Å². The van der Waals surface area contributed by atoms with E-state index in [4.69, 9.17) is 9.47 Å². The van der Waals surface area contributed by atoms with Crippen LogP contribution < -0.4 is 20.1 Å². The van der Waals surface area contributed by atoms with Gasteiger partial charge in [-0.05, 0) is 70.0 Å². The highest BCUT2D eigenvalue weighted by Gasteiger charge is 2.36. The molecule has 2 aliphatic rings. The molecule has 10 heteroatoms. The van der Waals surface area contributed by atoms with Gasteiger partial charge in [0.1, 0.15) is 0 Å². The first-order valence-corrected chi connectivity index (χ1v) is 12.1. The summed E-state index contributed by atoms with van der Waals surface area (Å²) < 4.78 is 11.9. The second kappa shape index (κ2) is 12.0. The lowest BCUT2D eigenvalue weighted by Gasteiger charge is -2.42. The molecule has 1 atom stereocenters. The Morgan fingerprint density at radius 3 is 2.59 bits per heavy atom. The van der Waals surface area contributed by atoms with Crippen molar-refractivity contribution in [2.45, 2.75) is 59.0 Å². The Hall–Kier alpha value is -2.23. The molecule has 0 aliphatic carbocycles. The summed E-state index contributed by atoms with van der Waals surface area (Å²) in [6.07, 6.45) is 2.95. The fourth-order valence-electron chi connectivity index (χ4n) is 3.85. The minimum absolute atomic E-state index is 0. The first kappa shape index (κ1) is 28.0. The fraction of sp³-hybridized carbons (Fsp3) is 0.542. The molecular formula is C24H34ClN3O5S. The molecule has 2 saturated heterocycles. The molecule has 188 valence electrons. The molecule has 3 amide bonds. The van der Waals surface area contributed by atoms with Crippen LogP contribution in [0.4, 0.5) is 9.59 Å². The molecule has 1 unspecified atom stereocenters. The molecular weight excluding hydrogens is 478 g/mol. The topological polar surface area (TPSA) is 97.0 Å². The normalized spacial score (nSPS) is 19.6. The lowest BCUT2D eigenvalue weighted by atomic mass is 9.99. The molecule has 8 nitrogen and oxygen atoms in total. The standard InChI is InChI=1S/C24H33N3O5S.ClH/c1-15(2)14-31-18-10-6-8-16(12-19-21(28)26-22(29)33-19)20(18)32-23(30)27(24(3,4)5)17-9-7-11-25-13-17;/h6,8,10,12,15,17,25H,7,9,11,13-14H2,1-5H3,(H,26,28,29);1H. The van der Waals surface area contributed by atoms with Crippen molar-refractivity contribution in [3.05, 3.63) is 28.7 Å². The van der Waals surface area contributed by atoms with E-state index in [2.05, 4.69) is 10.6 Å². The number of halogens is 1. The van der Waals surface area contributed by atoms with Crippen LogP contribution in [-0.2, 0) is 4.79 Å². The van der Waals surface area contributed by atoms with Gasteiger partial charge in [0, 0.05) is 23.7 Å². The Labute approximate surface area is 211 Å². The van der Waals surface area contributed by atoms with Crippen LogP contribution in [0.25, 0.3) is 6.08 Å². The van der Waals surface area contributed by atoms with Crippen molar-refractivity contribution in [1.82, 2.24) is 15.5 Å². The van der Waals surface area contributed by atoms with Gasteiger partial charge in [-0.3, -0.25) is 19.8 Å². The molecule has 2 fully saturated rings. The summed E-state index contributed by atoms with van der Waals surface area (Å²) in [6.45, 7) is 12.1. The van der Waals surface area contributed by atoms with E-state index in [0.717, 1.165) is 31.1 Å². The molecule has 0 bridgehead atoms. The lowest BCUT2D eigenvalue weighted by Crippen LogP contribution is -2.57. The second-order valence-corrected chi connectivity index (χ2v) is 10.7. The van der Waals surface area contributed by atoms with Crippen LogP contribution in [0.2, 0.25) is 0 Å². The van der Waals surface area contributed by atoms with Crippen LogP contribution in [0.5, 0.6) is 11.5 Å². The Morgan fingerprint density at radius 2 is 2.03 bits per heavy atom. The number of hydrogen-bond acceptors (Lipinski definition) is 7. The fourth-order valence-corrected chi connectivity index (χ4v) is 4.52. The highest BCUT2D eigenvalue weighted by molar-refractivity contribution is 8.18. The highest BCUT2D eigenvalue weighted by atomic mass is 35.5. The summed E-state index contributed by atoms with van der Waals surface area (Å²) in [6, 6.07) is 5.25. The van der Waals surface area contributed by atoms with Gasteiger partial charge in [0.15, 0.2) is 11.5 Å². The molecule has 0 radical (unpaired) electrons. The molecule has 34 heavy (non-hydrogen) atoms. The number of thioether (sulfide) groups is 1. The number of benzene rings is 1. The predicted molar refractivity (Wildman–Crippen MR) is 137 cm³/mol. The van der Waals surface area contributed by atoms with Crippen LogP contribution in [0, 0.1) is 5.92 Å². The van der Waals surface area contributed by atoms with Crippen molar-refractivity contribution >= 4 is 47.5 Å². The third-order valence-corrected chi connectivity index (χ3v) is 6.07. The van der Waals surface area contributed by atoms with Gasteiger partial charge in [0.25, 0.3) is 11.1 Å². The summed E-state index contributed by atoms with van der Waals surface area (Å²) in [5.74, 6) is 0.447. The molecule has 2 heterocycles. The Morgan fingerprint density at radius 1 is 1.29 bits per heavy atom. The van der Waals surface area contributed by atoms with Crippen molar-refractivity contribution in [1.29, 1.82) is 0 Å². The first-order chi connectivity index (χ1) is 15.6. The van der Waals surface area contributed by atoms with E-state index in [1.54, 1.807) is 29.2 Å². The molecule has 2 aliphatic heterocycles. The summed E-state index contributed by atoms with van der Waals surface area (Å²) in [4.78, 5) is 39.2. The van der Waals surface area contributed by atoms with Crippen LogP contribution in [-0.4, -0.2) is 53.4 Å². The second-order valence-electron chi connectivity index (χ2n) is 9.64. The van der Waals surface area contributed by atoms with Gasteiger partial charge in [-0.15, -0.1) is 12.4 Å². The first-order valence-electron chi connectivity index (χ1n) is 11.3. The Kier molecular flexibility index (Phi) is 9.84. The predicted octanol–water partition coefficient (Wildman–Crippen LogP) is 4.82. The number of piperidine rings is 1. The van der Waals surface area contributed by atoms with Gasteiger partial charge in [-0.25, -0.2) is 4.79 Å². The summed E-state index contributed by atoms with van der Waals surface area (Å²) in [5.41, 5.74) is 0.0355. The zero-order valence-electron chi connectivity index (χ0n) is 20.3. The van der Waals surface area contributed by atoms with Crippen molar-refractivity contribution < 1.29 is 23.9 Å². The number of hydrogen-bond donors (Lipinski definition) is 2. The number of amides is 3. The minimum atomic E-state index is -0.476. The average molecular weight is 512 g/mol. The highest BCUT2D eigenvalue weighted by Crippen LogP contribution is 2.37. The number of rotatable bonds is 6. The number of para-hydroxylation sites is 1. The molecule has 1 aromatic rings. The van der Waals surface area contributed by atoms with E-state index in [9.17, 15) is 14.4 Å². The van der Waals surface area contributed by atoms with E-state index >= 15 is 0 Å². The van der Waals surface area contributed by atoms with Crippen molar-refractivity contribution in [3.8, 4) is 11.5 Å². The quantitative estimate of drug-likeness (QED) is 0.528. The number of carbonyl (C=O) groups is 3. The van der Waals surface area contributed by atoms with Crippen molar-refractivity contribution in [2.75, 3.05) is 19.7 Å². The van der Waals surface area contributed by atoms with Gasteiger partial charge in [0.2, 0.25) is 0 Å². The maximum Gasteiger partial charge on any atom is 0.416 e. The zero-order valence-corrected chi connectivity index (χ0v) is 21.9. The van der Waals surface area contributed by atoms with Crippen LogP contribution in [0.3, 0.4) is 0 Å². The van der Waals surface area contributed by atoms with Crippen molar-refractivity contribution in [3.63, 3.8) is 0 Å². The molecule has 0 saturated carbocycles. The Bertz CT molecular complexity index is 939. The van der Waals surface area contributed by atoms with Crippen LogP contribution >= 0.6 is 24.2 Å². The smallest absolute Gasteiger partial charge is 0.416 e.